The van der Waals surface area contributed by atoms with Crippen molar-refractivity contribution in [2.45, 2.75) is 33.1 Å². The van der Waals surface area contributed by atoms with Crippen LogP contribution in [0.4, 0.5) is 5.82 Å². The predicted octanol–water partition coefficient (Wildman–Crippen LogP) is 4.16. The van der Waals surface area contributed by atoms with Crippen molar-refractivity contribution < 1.29 is 4.74 Å². The lowest BCUT2D eigenvalue weighted by molar-refractivity contribution is 0.444. The maximum absolute atomic E-state index is 5.80. The summed E-state index contributed by atoms with van der Waals surface area (Å²) in [5, 5.41) is 3.20. The maximum Gasteiger partial charge on any atom is 0.224 e. The number of pyridine rings is 1. The fourth-order valence-electron chi connectivity index (χ4n) is 1.65. The molecule has 0 unspecified atom stereocenters. The van der Waals surface area contributed by atoms with Crippen LogP contribution in [0.3, 0.4) is 0 Å². The molecule has 1 N–H and O–H groups in total. The first-order chi connectivity index (χ1) is 9.88. The molecule has 2 aromatic heterocycles. The van der Waals surface area contributed by atoms with Gasteiger partial charge in [-0.2, -0.15) is 4.98 Å². The second-order valence-electron chi connectivity index (χ2n) is 5.64. The van der Waals surface area contributed by atoms with Crippen LogP contribution in [0, 0.1) is 0 Å². The summed E-state index contributed by atoms with van der Waals surface area (Å²) < 4.78 is 6.66. The first-order valence-corrected chi connectivity index (χ1v) is 7.59. The van der Waals surface area contributed by atoms with Gasteiger partial charge >= 0.3 is 0 Å². The minimum Gasteiger partial charge on any atom is -0.437 e. The molecule has 0 atom stereocenters. The lowest BCUT2D eigenvalue weighted by Crippen LogP contribution is -2.17. The highest BCUT2D eigenvalue weighted by molar-refractivity contribution is 9.10. The number of ether oxygens (including phenoxy) is 1. The predicted molar refractivity (Wildman–Crippen MR) is 86.9 cm³/mol. The second kappa shape index (κ2) is 6.39. The van der Waals surface area contributed by atoms with E-state index in [-0.39, 0.29) is 5.41 Å². The number of aromatic nitrogens is 3. The van der Waals surface area contributed by atoms with Crippen molar-refractivity contribution in [3.05, 3.63) is 34.8 Å². The zero-order valence-corrected chi connectivity index (χ0v) is 14.2. The fourth-order valence-corrected chi connectivity index (χ4v) is 2.00. The van der Waals surface area contributed by atoms with Gasteiger partial charge < -0.3 is 10.1 Å². The molecule has 21 heavy (non-hydrogen) atoms. The monoisotopic (exact) mass is 350 g/mol. The molecule has 0 spiro atoms. The van der Waals surface area contributed by atoms with Gasteiger partial charge in [-0.1, -0.05) is 20.8 Å². The zero-order chi connectivity index (χ0) is 15.5. The highest BCUT2D eigenvalue weighted by Crippen LogP contribution is 2.27. The maximum atomic E-state index is 5.80. The van der Waals surface area contributed by atoms with Crippen molar-refractivity contribution in [2.24, 2.45) is 0 Å². The molecule has 0 fully saturated rings. The minimum absolute atomic E-state index is 0.154. The number of halogens is 1. The third-order valence-electron chi connectivity index (χ3n) is 2.63. The van der Waals surface area contributed by atoms with Crippen molar-refractivity contribution in [1.29, 1.82) is 0 Å². The topological polar surface area (TPSA) is 59.9 Å². The van der Waals surface area contributed by atoms with E-state index in [9.17, 15) is 0 Å². The van der Waals surface area contributed by atoms with Crippen LogP contribution >= 0.6 is 15.9 Å². The Hall–Kier alpha value is -1.69. The van der Waals surface area contributed by atoms with Gasteiger partial charge in [-0.3, -0.25) is 4.98 Å². The van der Waals surface area contributed by atoms with E-state index in [4.69, 9.17) is 4.74 Å². The summed E-state index contributed by atoms with van der Waals surface area (Å²) in [7, 11) is 0. The van der Waals surface area contributed by atoms with Crippen molar-refractivity contribution in [2.75, 3.05) is 11.9 Å². The number of anilines is 1. The Labute approximate surface area is 133 Å². The molecule has 2 rings (SSSR count). The van der Waals surface area contributed by atoms with Crippen molar-refractivity contribution in [1.82, 2.24) is 15.0 Å². The molecule has 0 saturated carbocycles. The van der Waals surface area contributed by atoms with Crippen LogP contribution in [0.25, 0.3) is 0 Å². The minimum atomic E-state index is -0.154. The smallest absolute Gasteiger partial charge is 0.224 e. The van der Waals surface area contributed by atoms with E-state index in [2.05, 4.69) is 57.0 Å². The molecule has 112 valence electrons. The third-order valence-corrected chi connectivity index (χ3v) is 3.07. The van der Waals surface area contributed by atoms with E-state index in [0.29, 0.717) is 11.6 Å². The van der Waals surface area contributed by atoms with Crippen LogP contribution in [-0.4, -0.2) is 21.5 Å². The zero-order valence-electron chi connectivity index (χ0n) is 12.6. The quantitative estimate of drug-likeness (QED) is 0.896. The molecule has 0 amide bonds. The average molecular weight is 351 g/mol. The van der Waals surface area contributed by atoms with Gasteiger partial charge in [0.15, 0.2) is 0 Å². The Kier molecular flexibility index (Phi) is 4.77. The fraction of sp³-hybridized carbons (Fsp3) is 0.400. The Balaban J connectivity index is 2.35. The Bertz CT molecular complexity index is 625. The number of hydrogen-bond acceptors (Lipinski definition) is 5. The highest BCUT2D eigenvalue weighted by atomic mass is 79.9. The summed E-state index contributed by atoms with van der Waals surface area (Å²) in [5.74, 6) is 2.63. The lowest BCUT2D eigenvalue weighted by atomic mass is 9.96. The van der Waals surface area contributed by atoms with Gasteiger partial charge in [0.2, 0.25) is 5.88 Å². The average Bonchev–Trinajstić information content (AvgIpc) is 2.37. The third kappa shape index (κ3) is 4.39. The van der Waals surface area contributed by atoms with Crippen LogP contribution in [0.5, 0.6) is 11.6 Å². The number of rotatable bonds is 4. The number of hydrogen-bond donors (Lipinski definition) is 1. The molecule has 5 nitrogen and oxygen atoms in total. The van der Waals surface area contributed by atoms with E-state index in [0.717, 1.165) is 22.7 Å². The van der Waals surface area contributed by atoms with Gasteiger partial charge in [0, 0.05) is 28.7 Å². The van der Waals surface area contributed by atoms with E-state index < -0.39 is 0 Å². The summed E-state index contributed by atoms with van der Waals surface area (Å²) in [6.45, 7) is 9.03. The molecule has 0 saturated heterocycles. The first kappa shape index (κ1) is 15.7. The lowest BCUT2D eigenvalue weighted by Gasteiger charge is -2.18. The van der Waals surface area contributed by atoms with Crippen LogP contribution in [0.15, 0.2) is 29.0 Å². The molecule has 0 aliphatic rings. The molecule has 2 aromatic rings. The Morgan fingerprint density at radius 3 is 2.57 bits per heavy atom. The van der Waals surface area contributed by atoms with Crippen LogP contribution in [0.2, 0.25) is 0 Å². The van der Waals surface area contributed by atoms with Crippen molar-refractivity contribution >= 4 is 21.7 Å². The molecular weight excluding hydrogens is 332 g/mol. The standard InChI is InChI=1S/C15H19BrN4O/c1-5-18-12-7-13(20-14(19-12)15(2,3)4)21-11-6-10(16)8-17-9-11/h6-9H,5H2,1-4H3,(H,18,19,20). The van der Waals surface area contributed by atoms with E-state index in [1.807, 2.05) is 13.0 Å². The molecule has 0 bridgehead atoms. The van der Waals surface area contributed by atoms with Gasteiger partial charge in [0.25, 0.3) is 0 Å². The summed E-state index contributed by atoms with van der Waals surface area (Å²) in [6.07, 6.45) is 3.36. The highest BCUT2D eigenvalue weighted by Gasteiger charge is 2.19. The SMILES string of the molecule is CCNc1cc(Oc2cncc(Br)c2)nc(C(C)(C)C)n1. The van der Waals surface area contributed by atoms with E-state index in [1.54, 1.807) is 18.5 Å². The molecule has 2 heterocycles. The molecule has 0 aliphatic heterocycles. The van der Waals surface area contributed by atoms with Gasteiger partial charge in [-0.25, -0.2) is 4.98 Å². The van der Waals surface area contributed by atoms with Gasteiger partial charge in [0.05, 0.1) is 6.20 Å². The van der Waals surface area contributed by atoms with Gasteiger partial charge in [-0.05, 0) is 28.9 Å². The van der Waals surface area contributed by atoms with Gasteiger partial charge in [0.1, 0.15) is 17.4 Å². The van der Waals surface area contributed by atoms with E-state index in [1.165, 1.54) is 0 Å². The van der Waals surface area contributed by atoms with Gasteiger partial charge in [-0.15, -0.1) is 0 Å². The summed E-state index contributed by atoms with van der Waals surface area (Å²) in [5.41, 5.74) is -0.154. The van der Waals surface area contributed by atoms with Crippen LogP contribution in [-0.2, 0) is 5.41 Å². The molecule has 0 aromatic carbocycles. The first-order valence-electron chi connectivity index (χ1n) is 6.80. The van der Waals surface area contributed by atoms with Crippen molar-refractivity contribution in [3.63, 3.8) is 0 Å². The molecule has 0 aliphatic carbocycles. The Morgan fingerprint density at radius 2 is 1.95 bits per heavy atom. The van der Waals surface area contributed by atoms with Crippen LogP contribution < -0.4 is 10.1 Å². The number of nitrogens with zero attached hydrogens (tertiary/aromatic N) is 3. The summed E-state index contributed by atoms with van der Waals surface area (Å²) in [6, 6.07) is 3.64. The summed E-state index contributed by atoms with van der Waals surface area (Å²) in [4.78, 5) is 13.1. The number of nitrogens with one attached hydrogen (secondary N) is 1. The Morgan fingerprint density at radius 1 is 1.19 bits per heavy atom. The molecular formula is C15H19BrN4O. The largest absolute Gasteiger partial charge is 0.437 e. The second-order valence-corrected chi connectivity index (χ2v) is 6.55. The van der Waals surface area contributed by atoms with Crippen LogP contribution in [0.1, 0.15) is 33.5 Å². The van der Waals surface area contributed by atoms with E-state index >= 15 is 0 Å². The molecule has 6 heteroatoms. The van der Waals surface area contributed by atoms with Crippen molar-refractivity contribution in [3.8, 4) is 11.6 Å². The summed E-state index contributed by atoms with van der Waals surface area (Å²) >= 11 is 3.37. The normalized spacial score (nSPS) is 11.3. The molecule has 0 radical (unpaired) electrons.